The molecule has 1 rings (SSSR count). The first kappa shape index (κ1) is 30.6. The first-order valence-corrected chi connectivity index (χ1v) is 13.8. The van der Waals surface area contributed by atoms with Crippen molar-refractivity contribution in [3.63, 3.8) is 0 Å². The van der Waals surface area contributed by atoms with Crippen LogP contribution < -0.4 is 29.3 Å². The van der Waals surface area contributed by atoms with E-state index in [-0.39, 0.29) is 24.0 Å². The Labute approximate surface area is 208 Å². The van der Waals surface area contributed by atoms with E-state index in [0.29, 0.717) is 0 Å². The number of quaternary nitrogens is 1. The van der Waals surface area contributed by atoms with Crippen molar-refractivity contribution >= 4 is 0 Å². The van der Waals surface area contributed by atoms with Crippen LogP contribution in [0, 0.1) is 5.92 Å². The highest BCUT2D eigenvalue weighted by atomic mass is 127. The van der Waals surface area contributed by atoms with E-state index in [1.165, 1.54) is 140 Å². The molecule has 0 bridgehead atoms. The molecule has 30 heavy (non-hydrogen) atoms. The summed E-state index contributed by atoms with van der Waals surface area (Å²) in [6.45, 7) is 16.2. The van der Waals surface area contributed by atoms with Crippen LogP contribution in [0.3, 0.4) is 0 Å². The molecule has 0 amide bonds. The number of rotatable bonds is 20. The van der Waals surface area contributed by atoms with Gasteiger partial charge in [-0.3, -0.25) is 0 Å². The zero-order valence-corrected chi connectivity index (χ0v) is 23.5. The third-order valence-corrected chi connectivity index (χ3v) is 7.98. The highest BCUT2D eigenvalue weighted by molar-refractivity contribution is 4.79. The number of unbranched alkanes of at least 4 members (excludes halogenated alkanes) is 13. The van der Waals surface area contributed by atoms with E-state index in [2.05, 4.69) is 33.0 Å². The molecule has 2 nitrogen and oxygen atoms in total. The first-order valence-electron chi connectivity index (χ1n) is 13.8. The second-order valence-corrected chi connectivity index (χ2v) is 9.90. The second kappa shape index (κ2) is 20.3. The number of nitrogens with zero attached hydrogens (tertiary/aromatic N) is 1. The fourth-order valence-corrected chi connectivity index (χ4v) is 5.97. The topological polar surface area (TPSA) is 12.0 Å². The van der Waals surface area contributed by atoms with Crippen molar-refractivity contribution in [1.82, 2.24) is 5.32 Å². The molecule has 0 aromatic heterocycles. The van der Waals surface area contributed by atoms with E-state index >= 15 is 0 Å². The lowest BCUT2D eigenvalue weighted by Crippen LogP contribution is -3.00. The maximum Gasteiger partial charge on any atom is 0.0928 e. The van der Waals surface area contributed by atoms with E-state index in [1.54, 1.807) is 0 Å². The summed E-state index contributed by atoms with van der Waals surface area (Å²) < 4.78 is 1.38. The van der Waals surface area contributed by atoms with Gasteiger partial charge in [-0.25, -0.2) is 0 Å². The molecule has 1 heterocycles. The quantitative estimate of drug-likeness (QED) is 0.135. The average molecular weight is 537 g/mol. The van der Waals surface area contributed by atoms with E-state index in [4.69, 9.17) is 0 Å². The van der Waals surface area contributed by atoms with Gasteiger partial charge < -0.3 is 33.8 Å². The molecular weight excluding hydrogens is 479 g/mol. The zero-order valence-electron chi connectivity index (χ0n) is 21.3. The van der Waals surface area contributed by atoms with Gasteiger partial charge in [-0.05, 0) is 46.1 Å². The summed E-state index contributed by atoms with van der Waals surface area (Å²) in [6, 6.07) is 0.877. The Hall–Kier alpha value is 0.650. The van der Waals surface area contributed by atoms with Crippen LogP contribution in [0.25, 0.3) is 0 Å². The van der Waals surface area contributed by atoms with Gasteiger partial charge in [0.1, 0.15) is 0 Å². The Balaban J connectivity index is 0.00000841. The molecule has 182 valence electrons. The summed E-state index contributed by atoms with van der Waals surface area (Å²) in [4.78, 5) is 0. The molecule has 0 aliphatic carbocycles. The Morgan fingerprint density at radius 2 is 1.17 bits per heavy atom. The van der Waals surface area contributed by atoms with Gasteiger partial charge in [-0.2, -0.15) is 0 Å². The van der Waals surface area contributed by atoms with Crippen LogP contribution in [0.5, 0.6) is 0 Å². The first-order chi connectivity index (χ1) is 14.2. The summed E-state index contributed by atoms with van der Waals surface area (Å²) in [5, 5.41) is 3.62. The van der Waals surface area contributed by atoms with Gasteiger partial charge in [0.15, 0.2) is 0 Å². The lowest BCUT2D eigenvalue weighted by molar-refractivity contribution is -0.952. The zero-order chi connectivity index (χ0) is 21.2. The molecule has 1 N–H and O–H groups in total. The molecular formula is C27H57IN2. The van der Waals surface area contributed by atoms with Crippen molar-refractivity contribution in [2.45, 2.75) is 136 Å². The molecule has 1 aliphatic heterocycles. The monoisotopic (exact) mass is 536 g/mol. The lowest BCUT2D eigenvalue weighted by atomic mass is 9.92. The van der Waals surface area contributed by atoms with Gasteiger partial charge in [0, 0.05) is 12.5 Å². The van der Waals surface area contributed by atoms with Crippen LogP contribution >= 0.6 is 0 Å². The normalized spacial score (nSPS) is 17.8. The number of halogens is 1. The third-order valence-electron chi connectivity index (χ3n) is 7.98. The van der Waals surface area contributed by atoms with E-state index in [9.17, 15) is 0 Å². The van der Waals surface area contributed by atoms with Crippen LogP contribution in [0.15, 0.2) is 0 Å². The van der Waals surface area contributed by atoms with Crippen LogP contribution in [0.2, 0.25) is 0 Å². The molecule has 1 saturated heterocycles. The predicted molar refractivity (Wildman–Crippen MR) is 132 cm³/mol. The summed E-state index contributed by atoms with van der Waals surface area (Å²) in [7, 11) is 0. The second-order valence-electron chi connectivity index (χ2n) is 9.90. The van der Waals surface area contributed by atoms with Crippen molar-refractivity contribution < 1.29 is 28.5 Å². The Morgan fingerprint density at radius 3 is 1.53 bits per heavy atom. The highest BCUT2D eigenvalue weighted by Gasteiger charge is 2.39. The third kappa shape index (κ3) is 12.0. The maximum atomic E-state index is 3.62. The molecule has 0 aromatic carbocycles. The van der Waals surface area contributed by atoms with Gasteiger partial charge in [0.2, 0.25) is 0 Å². The summed E-state index contributed by atoms with van der Waals surface area (Å²) in [5.74, 6) is 0.909. The summed E-state index contributed by atoms with van der Waals surface area (Å²) in [6.07, 6.45) is 23.2. The molecule has 0 radical (unpaired) electrons. The van der Waals surface area contributed by atoms with Gasteiger partial charge in [0.25, 0.3) is 0 Å². The predicted octanol–water partition coefficient (Wildman–Crippen LogP) is 4.72. The molecule has 0 aromatic rings. The van der Waals surface area contributed by atoms with Crippen LogP contribution in [-0.2, 0) is 0 Å². The fourth-order valence-electron chi connectivity index (χ4n) is 5.97. The van der Waals surface area contributed by atoms with E-state index in [0.717, 1.165) is 12.0 Å². The molecule has 1 aliphatic rings. The SMILES string of the molecule is CCCCCCCCCCCCCCCC[N+](CC)(CC)C(CC)C1CCNC1.[I-]. The highest BCUT2D eigenvalue weighted by Crippen LogP contribution is 2.28. The standard InChI is InChI=1S/C27H57N2.HI/c1-5-9-10-11-12-13-14-15-16-17-18-19-20-21-24-29(7-3,8-4)27(6-2)26-22-23-28-25-26;/h26-28H,5-25H2,1-4H3;1H/q+1;/p-1. The van der Waals surface area contributed by atoms with Gasteiger partial charge in [-0.15, -0.1) is 0 Å². The van der Waals surface area contributed by atoms with Gasteiger partial charge in [-0.1, -0.05) is 90.9 Å². The van der Waals surface area contributed by atoms with Crippen LogP contribution in [-0.4, -0.2) is 43.2 Å². The molecule has 3 heteroatoms. The Bertz CT molecular complexity index is 351. The molecule has 2 unspecified atom stereocenters. The molecule has 0 spiro atoms. The molecule has 2 atom stereocenters. The van der Waals surface area contributed by atoms with Crippen molar-refractivity contribution in [2.75, 3.05) is 32.7 Å². The molecule has 1 fully saturated rings. The van der Waals surface area contributed by atoms with E-state index in [1.807, 2.05) is 0 Å². The van der Waals surface area contributed by atoms with Crippen molar-refractivity contribution in [2.24, 2.45) is 5.92 Å². The van der Waals surface area contributed by atoms with Crippen molar-refractivity contribution in [3.05, 3.63) is 0 Å². The average Bonchev–Trinajstić information content (AvgIpc) is 3.27. The number of nitrogens with one attached hydrogen (secondary N) is 1. The minimum atomic E-state index is 0. The maximum absolute atomic E-state index is 3.62. The smallest absolute Gasteiger partial charge is 0.0928 e. The van der Waals surface area contributed by atoms with Crippen LogP contribution in [0.4, 0.5) is 0 Å². The minimum Gasteiger partial charge on any atom is -1.00 e. The van der Waals surface area contributed by atoms with E-state index < -0.39 is 0 Å². The van der Waals surface area contributed by atoms with Gasteiger partial charge in [0.05, 0.1) is 25.7 Å². The number of hydrogen-bond donors (Lipinski definition) is 1. The minimum absolute atomic E-state index is 0. The Kier molecular flexibility index (Phi) is 20.7. The lowest BCUT2D eigenvalue weighted by Gasteiger charge is -2.46. The number of hydrogen-bond acceptors (Lipinski definition) is 1. The summed E-state index contributed by atoms with van der Waals surface area (Å²) >= 11 is 0. The summed E-state index contributed by atoms with van der Waals surface area (Å²) in [5.41, 5.74) is 0. The molecule has 0 saturated carbocycles. The fraction of sp³-hybridized carbons (Fsp3) is 1.00. The van der Waals surface area contributed by atoms with Crippen molar-refractivity contribution in [3.8, 4) is 0 Å². The van der Waals surface area contributed by atoms with Crippen LogP contribution in [0.1, 0.15) is 130 Å². The Morgan fingerprint density at radius 1 is 0.700 bits per heavy atom. The van der Waals surface area contributed by atoms with Crippen molar-refractivity contribution in [1.29, 1.82) is 0 Å². The van der Waals surface area contributed by atoms with Gasteiger partial charge >= 0.3 is 0 Å². The largest absolute Gasteiger partial charge is 1.00 e.